The van der Waals surface area contributed by atoms with Gasteiger partial charge in [-0.25, -0.2) is 0 Å². The SMILES string of the molecule is CN=C(c1c(C)cccc1Br)C1CC1. The quantitative estimate of drug-likeness (QED) is 0.713. The molecule has 1 saturated carbocycles. The molecule has 2 rings (SSSR count). The molecule has 0 aliphatic heterocycles. The number of benzene rings is 1. The zero-order valence-corrected chi connectivity index (χ0v) is 10.1. The van der Waals surface area contributed by atoms with Gasteiger partial charge in [0.25, 0.3) is 0 Å². The van der Waals surface area contributed by atoms with Gasteiger partial charge in [-0.05, 0) is 31.4 Å². The molecule has 0 atom stereocenters. The topological polar surface area (TPSA) is 12.4 Å². The monoisotopic (exact) mass is 251 g/mol. The van der Waals surface area contributed by atoms with Crippen molar-refractivity contribution in [1.29, 1.82) is 0 Å². The molecular weight excluding hydrogens is 238 g/mol. The summed E-state index contributed by atoms with van der Waals surface area (Å²) in [4.78, 5) is 4.43. The number of aliphatic imine (C=N–C) groups is 1. The zero-order valence-electron chi connectivity index (χ0n) is 8.55. The summed E-state index contributed by atoms with van der Waals surface area (Å²) in [6, 6.07) is 6.31. The van der Waals surface area contributed by atoms with Crippen LogP contribution in [-0.4, -0.2) is 12.8 Å². The maximum atomic E-state index is 4.43. The lowest BCUT2D eigenvalue weighted by Gasteiger charge is -2.10. The highest BCUT2D eigenvalue weighted by atomic mass is 79.9. The summed E-state index contributed by atoms with van der Waals surface area (Å²) in [7, 11) is 1.90. The molecule has 1 nitrogen and oxygen atoms in total. The van der Waals surface area contributed by atoms with E-state index in [1.807, 2.05) is 7.05 Å². The average Bonchev–Trinajstić information content (AvgIpc) is 2.95. The van der Waals surface area contributed by atoms with Gasteiger partial charge in [-0.2, -0.15) is 0 Å². The Morgan fingerprint density at radius 2 is 2.14 bits per heavy atom. The Bertz CT molecular complexity index is 358. The van der Waals surface area contributed by atoms with Gasteiger partial charge in [-0.15, -0.1) is 0 Å². The molecule has 1 aromatic carbocycles. The van der Waals surface area contributed by atoms with Gasteiger partial charge in [-0.1, -0.05) is 28.1 Å². The van der Waals surface area contributed by atoms with Gasteiger partial charge in [0, 0.05) is 28.7 Å². The molecule has 1 aliphatic rings. The van der Waals surface area contributed by atoms with E-state index in [0.29, 0.717) is 5.92 Å². The van der Waals surface area contributed by atoms with Gasteiger partial charge in [-0.3, -0.25) is 4.99 Å². The number of hydrogen-bond donors (Lipinski definition) is 0. The van der Waals surface area contributed by atoms with Crippen LogP contribution >= 0.6 is 15.9 Å². The van der Waals surface area contributed by atoms with Crippen molar-refractivity contribution in [2.75, 3.05) is 7.05 Å². The van der Waals surface area contributed by atoms with Crippen molar-refractivity contribution in [1.82, 2.24) is 0 Å². The first-order valence-corrected chi connectivity index (χ1v) is 5.75. The van der Waals surface area contributed by atoms with E-state index in [2.05, 4.69) is 46.0 Å². The number of aryl methyl sites for hydroxylation is 1. The fraction of sp³-hybridized carbons (Fsp3) is 0.417. The highest BCUT2D eigenvalue weighted by molar-refractivity contribution is 9.10. The van der Waals surface area contributed by atoms with Crippen molar-refractivity contribution in [3.8, 4) is 0 Å². The number of rotatable bonds is 2. The van der Waals surface area contributed by atoms with Crippen LogP contribution in [0.4, 0.5) is 0 Å². The van der Waals surface area contributed by atoms with Crippen LogP contribution in [0.2, 0.25) is 0 Å². The fourth-order valence-electron chi connectivity index (χ4n) is 1.81. The van der Waals surface area contributed by atoms with E-state index in [1.165, 1.54) is 34.2 Å². The van der Waals surface area contributed by atoms with Gasteiger partial charge in [0.05, 0.1) is 0 Å². The highest BCUT2D eigenvalue weighted by Gasteiger charge is 2.29. The Labute approximate surface area is 93.4 Å². The largest absolute Gasteiger partial charge is 0.292 e. The van der Waals surface area contributed by atoms with Crippen LogP contribution in [0.25, 0.3) is 0 Å². The van der Waals surface area contributed by atoms with E-state index in [-0.39, 0.29) is 0 Å². The van der Waals surface area contributed by atoms with Crippen LogP contribution < -0.4 is 0 Å². The molecule has 0 spiro atoms. The Kier molecular flexibility index (Phi) is 2.73. The summed E-state index contributed by atoms with van der Waals surface area (Å²) < 4.78 is 1.17. The Hall–Kier alpha value is -0.630. The van der Waals surface area contributed by atoms with E-state index >= 15 is 0 Å². The number of halogens is 1. The van der Waals surface area contributed by atoms with E-state index in [9.17, 15) is 0 Å². The van der Waals surface area contributed by atoms with Crippen LogP contribution in [-0.2, 0) is 0 Å². The summed E-state index contributed by atoms with van der Waals surface area (Å²) in [5.74, 6) is 0.706. The normalized spacial score (nSPS) is 17.2. The molecule has 1 aliphatic carbocycles. The standard InChI is InChI=1S/C12H14BrN/c1-8-4-3-5-10(13)11(8)12(14-2)9-6-7-9/h3-5,9H,6-7H2,1-2H3. The average molecular weight is 252 g/mol. The predicted molar refractivity (Wildman–Crippen MR) is 64.1 cm³/mol. The Balaban J connectivity index is 2.48. The van der Waals surface area contributed by atoms with Crippen LogP contribution in [0.1, 0.15) is 24.0 Å². The third-order valence-electron chi connectivity index (χ3n) is 2.68. The van der Waals surface area contributed by atoms with Gasteiger partial charge in [0.15, 0.2) is 0 Å². The number of hydrogen-bond acceptors (Lipinski definition) is 1. The number of nitrogens with zero attached hydrogens (tertiary/aromatic N) is 1. The second-order valence-corrected chi connectivity index (χ2v) is 4.67. The second kappa shape index (κ2) is 3.85. The predicted octanol–water partition coefficient (Wildman–Crippen LogP) is 3.59. The lowest BCUT2D eigenvalue weighted by molar-refractivity contribution is 1.15. The van der Waals surface area contributed by atoms with Gasteiger partial charge < -0.3 is 0 Å². The molecule has 0 saturated heterocycles. The molecule has 0 aromatic heterocycles. The molecule has 0 bridgehead atoms. The molecule has 0 N–H and O–H groups in total. The summed E-state index contributed by atoms with van der Waals surface area (Å²) in [5, 5.41) is 0. The molecule has 0 radical (unpaired) electrons. The minimum Gasteiger partial charge on any atom is -0.292 e. The molecule has 2 heteroatoms. The molecule has 1 aromatic rings. The fourth-order valence-corrected chi connectivity index (χ4v) is 2.48. The highest BCUT2D eigenvalue weighted by Crippen LogP contribution is 2.36. The van der Waals surface area contributed by atoms with Crippen molar-refractivity contribution in [3.63, 3.8) is 0 Å². The Morgan fingerprint density at radius 1 is 1.43 bits per heavy atom. The van der Waals surface area contributed by atoms with E-state index in [1.54, 1.807) is 0 Å². The van der Waals surface area contributed by atoms with Crippen LogP contribution in [0, 0.1) is 12.8 Å². The first-order chi connectivity index (χ1) is 6.74. The summed E-state index contributed by atoms with van der Waals surface area (Å²) in [6.45, 7) is 2.15. The third kappa shape index (κ3) is 1.76. The molecule has 0 amide bonds. The van der Waals surface area contributed by atoms with E-state index in [0.717, 1.165) is 0 Å². The molecule has 1 fully saturated rings. The van der Waals surface area contributed by atoms with Crippen molar-refractivity contribution < 1.29 is 0 Å². The van der Waals surface area contributed by atoms with E-state index < -0.39 is 0 Å². The first-order valence-electron chi connectivity index (χ1n) is 4.96. The maximum Gasteiger partial charge on any atom is 0.0462 e. The van der Waals surface area contributed by atoms with Crippen molar-refractivity contribution in [3.05, 3.63) is 33.8 Å². The molecule has 74 valence electrons. The second-order valence-electron chi connectivity index (χ2n) is 3.81. The molecule has 14 heavy (non-hydrogen) atoms. The summed E-state index contributed by atoms with van der Waals surface area (Å²) in [5.41, 5.74) is 3.89. The van der Waals surface area contributed by atoms with Crippen LogP contribution in [0.5, 0.6) is 0 Å². The summed E-state index contributed by atoms with van der Waals surface area (Å²) in [6.07, 6.45) is 2.60. The first kappa shape index (κ1) is 9.91. The van der Waals surface area contributed by atoms with E-state index in [4.69, 9.17) is 0 Å². The minimum absolute atomic E-state index is 0.706. The molecule has 0 heterocycles. The zero-order chi connectivity index (χ0) is 10.1. The smallest absolute Gasteiger partial charge is 0.0462 e. The van der Waals surface area contributed by atoms with Crippen LogP contribution in [0.3, 0.4) is 0 Å². The minimum atomic E-state index is 0.706. The maximum absolute atomic E-state index is 4.43. The van der Waals surface area contributed by atoms with Gasteiger partial charge in [0.1, 0.15) is 0 Å². The van der Waals surface area contributed by atoms with Crippen molar-refractivity contribution in [2.45, 2.75) is 19.8 Å². The lowest BCUT2D eigenvalue weighted by atomic mass is 10.0. The van der Waals surface area contributed by atoms with Crippen LogP contribution in [0.15, 0.2) is 27.7 Å². The van der Waals surface area contributed by atoms with Gasteiger partial charge in [0.2, 0.25) is 0 Å². The summed E-state index contributed by atoms with van der Waals surface area (Å²) >= 11 is 3.60. The van der Waals surface area contributed by atoms with Crippen molar-refractivity contribution in [2.24, 2.45) is 10.9 Å². The molecular formula is C12H14BrN. The van der Waals surface area contributed by atoms with Crippen molar-refractivity contribution >= 4 is 21.6 Å². The van der Waals surface area contributed by atoms with Gasteiger partial charge >= 0.3 is 0 Å². The Morgan fingerprint density at radius 3 is 2.64 bits per heavy atom. The third-order valence-corrected chi connectivity index (χ3v) is 3.34. The lowest BCUT2D eigenvalue weighted by Crippen LogP contribution is -2.06. The molecule has 0 unspecified atom stereocenters.